The maximum atomic E-state index is 4.34. The van der Waals surface area contributed by atoms with Gasteiger partial charge in [-0.05, 0) is 117 Å². The zero-order chi connectivity index (χ0) is 32.1. The Kier molecular flexibility index (Phi) is 5.88. The number of pyridine rings is 1. The second kappa shape index (κ2) is 9.86. The molecule has 0 amide bonds. The van der Waals surface area contributed by atoms with Gasteiger partial charge in [-0.2, -0.15) is 0 Å². The van der Waals surface area contributed by atoms with Crippen LogP contribution in [0.2, 0.25) is 0 Å². The molecule has 1 aromatic heterocycles. The van der Waals surface area contributed by atoms with E-state index >= 15 is 0 Å². The Balaban J connectivity index is 1.32. The van der Waals surface area contributed by atoms with Crippen LogP contribution in [0.3, 0.4) is 0 Å². The molecule has 0 fully saturated rings. The summed E-state index contributed by atoms with van der Waals surface area (Å²) in [5.41, 5.74) is 14.3. The predicted octanol–water partition coefficient (Wildman–Crippen LogP) is 12.6. The van der Waals surface area contributed by atoms with E-state index in [1.54, 1.807) is 0 Å². The average Bonchev–Trinajstić information content (AvgIpc) is 3.32. The standard InChI is InChI=1S/C46H37N/c1-45(2,3)34-23-31-17-20-37-39(29-14-12-28(13-15-29)33-9-8-22-47-27-33)26-40(38-21-18-32(24-34)43(31)44(37)38)30-16-19-36-35-10-6-7-11-41(35)46(4,5)42(36)25-30/h6-27H,1-5H3. The van der Waals surface area contributed by atoms with Crippen LogP contribution in [0, 0.1) is 0 Å². The van der Waals surface area contributed by atoms with E-state index in [0.717, 1.165) is 5.56 Å². The number of benzene rings is 7. The Hall–Kier alpha value is -5.27. The molecule has 1 aliphatic rings. The van der Waals surface area contributed by atoms with Gasteiger partial charge >= 0.3 is 0 Å². The van der Waals surface area contributed by atoms with Crippen LogP contribution in [0.15, 0.2) is 134 Å². The lowest BCUT2D eigenvalue weighted by Crippen LogP contribution is -2.14. The van der Waals surface area contributed by atoms with Gasteiger partial charge in [0.05, 0.1) is 0 Å². The topological polar surface area (TPSA) is 12.9 Å². The molecule has 7 aromatic carbocycles. The van der Waals surface area contributed by atoms with Gasteiger partial charge < -0.3 is 0 Å². The molecule has 8 aromatic rings. The van der Waals surface area contributed by atoms with Crippen molar-refractivity contribution in [2.24, 2.45) is 0 Å². The van der Waals surface area contributed by atoms with Gasteiger partial charge in [-0.25, -0.2) is 0 Å². The van der Waals surface area contributed by atoms with Crippen LogP contribution >= 0.6 is 0 Å². The van der Waals surface area contributed by atoms with Crippen molar-refractivity contribution in [3.8, 4) is 44.5 Å². The Labute approximate surface area is 276 Å². The van der Waals surface area contributed by atoms with Crippen LogP contribution in [0.5, 0.6) is 0 Å². The lowest BCUT2D eigenvalue weighted by atomic mass is 9.80. The molecule has 47 heavy (non-hydrogen) atoms. The van der Waals surface area contributed by atoms with Crippen LogP contribution < -0.4 is 0 Å². The second-order valence-electron chi connectivity index (χ2n) is 14.9. The fraction of sp³-hybridized carbons (Fsp3) is 0.152. The molecule has 1 heterocycles. The molecule has 1 heteroatoms. The van der Waals surface area contributed by atoms with E-state index in [4.69, 9.17) is 0 Å². The van der Waals surface area contributed by atoms with Crippen molar-refractivity contribution >= 4 is 32.3 Å². The average molecular weight is 604 g/mol. The van der Waals surface area contributed by atoms with Crippen molar-refractivity contribution in [3.63, 3.8) is 0 Å². The van der Waals surface area contributed by atoms with Crippen molar-refractivity contribution in [3.05, 3.63) is 150 Å². The summed E-state index contributed by atoms with van der Waals surface area (Å²) < 4.78 is 0. The van der Waals surface area contributed by atoms with Crippen molar-refractivity contribution < 1.29 is 0 Å². The van der Waals surface area contributed by atoms with Crippen LogP contribution in [-0.2, 0) is 10.8 Å². The van der Waals surface area contributed by atoms with Crippen LogP contribution in [-0.4, -0.2) is 4.98 Å². The van der Waals surface area contributed by atoms with Gasteiger partial charge in [-0.1, -0.05) is 138 Å². The molecule has 9 rings (SSSR count). The highest BCUT2D eigenvalue weighted by molar-refractivity contribution is 6.28. The monoisotopic (exact) mass is 603 g/mol. The third-order valence-electron chi connectivity index (χ3n) is 10.7. The molecular weight excluding hydrogens is 567 g/mol. The molecule has 226 valence electrons. The van der Waals surface area contributed by atoms with E-state index in [-0.39, 0.29) is 10.8 Å². The van der Waals surface area contributed by atoms with Crippen LogP contribution in [0.4, 0.5) is 0 Å². The number of hydrogen-bond acceptors (Lipinski definition) is 1. The molecule has 0 saturated heterocycles. The largest absolute Gasteiger partial charge is 0.264 e. The summed E-state index contributed by atoms with van der Waals surface area (Å²) in [5, 5.41) is 7.94. The van der Waals surface area contributed by atoms with Gasteiger partial charge in [-0.3, -0.25) is 4.98 Å². The molecule has 0 aliphatic heterocycles. The summed E-state index contributed by atoms with van der Waals surface area (Å²) in [6, 6.07) is 45.9. The first-order valence-electron chi connectivity index (χ1n) is 16.7. The van der Waals surface area contributed by atoms with E-state index in [1.807, 2.05) is 18.5 Å². The fourth-order valence-electron chi connectivity index (χ4n) is 8.07. The zero-order valence-corrected chi connectivity index (χ0v) is 27.6. The molecule has 0 atom stereocenters. The van der Waals surface area contributed by atoms with Crippen molar-refractivity contribution in [2.75, 3.05) is 0 Å². The number of hydrogen-bond donors (Lipinski definition) is 0. The fourth-order valence-corrected chi connectivity index (χ4v) is 8.07. The van der Waals surface area contributed by atoms with Crippen LogP contribution in [0.25, 0.3) is 76.8 Å². The van der Waals surface area contributed by atoms with Gasteiger partial charge in [0, 0.05) is 17.8 Å². The highest BCUT2D eigenvalue weighted by Crippen LogP contribution is 2.51. The van der Waals surface area contributed by atoms with E-state index in [0.29, 0.717) is 0 Å². The van der Waals surface area contributed by atoms with Crippen molar-refractivity contribution in [2.45, 2.75) is 45.4 Å². The molecule has 0 saturated carbocycles. The maximum Gasteiger partial charge on any atom is 0.0346 e. The van der Waals surface area contributed by atoms with Gasteiger partial charge in [-0.15, -0.1) is 0 Å². The minimum absolute atomic E-state index is 0.0555. The molecule has 0 spiro atoms. The zero-order valence-electron chi connectivity index (χ0n) is 27.6. The summed E-state index contributed by atoms with van der Waals surface area (Å²) in [6.45, 7) is 11.7. The summed E-state index contributed by atoms with van der Waals surface area (Å²) in [5.74, 6) is 0. The van der Waals surface area contributed by atoms with E-state index in [9.17, 15) is 0 Å². The van der Waals surface area contributed by atoms with Gasteiger partial charge in [0.2, 0.25) is 0 Å². The Morgan fingerprint density at radius 2 is 1.13 bits per heavy atom. The number of aromatic nitrogens is 1. The number of nitrogens with zero attached hydrogens (tertiary/aromatic N) is 1. The normalized spacial score (nSPS) is 13.8. The second-order valence-corrected chi connectivity index (χ2v) is 14.9. The molecule has 1 nitrogen and oxygen atoms in total. The highest BCUT2D eigenvalue weighted by Gasteiger charge is 2.35. The maximum absolute atomic E-state index is 4.34. The van der Waals surface area contributed by atoms with E-state index in [2.05, 4.69) is 155 Å². The third-order valence-corrected chi connectivity index (χ3v) is 10.7. The molecule has 0 N–H and O–H groups in total. The molecule has 1 aliphatic carbocycles. The summed E-state index contributed by atoms with van der Waals surface area (Å²) >= 11 is 0. The highest BCUT2D eigenvalue weighted by atomic mass is 14.6. The first-order chi connectivity index (χ1) is 22.7. The number of rotatable bonds is 3. The Morgan fingerprint density at radius 3 is 1.81 bits per heavy atom. The quantitative estimate of drug-likeness (QED) is 0.183. The van der Waals surface area contributed by atoms with Gasteiger partial charge in [0.1, 0.15) is 0 Å². The van der Waals surface area contributed by atoms with Gasteiger partial charge in [0.25, 0.3) is 0 Å². The molecular formula is C46H37N. The first kappa shape index (κ1) is 28.0. The van der Waals surface area contributed by atoms with Crippen molar-refractivity contribution in [1.82, 2.24) is 4.98 Å². The minimum Gasteiger partial charge on any atom is -0.264 e. The molecule has 0 bridgehead atoms. The van der Waals surface area contributed by atoms with E-state index < -0.39 is 0 Å². The lowest BCUT2D eigenvalue weighted by molar-refractivity contribution is 0.591. The predicted molar refractivity (Wildman–Crippen MR) is 201 cm³/mol. The SMILES string of the molecule is CC(C)(C)c1cc2ccc3c(-c4ccc(-c5cccnc5)cc4)cc(-c4ccc5c(c4)C(C)(C)c4ccccc4-5)c4ccc(c1)c2c34. The van der Waals surface area contributed by atoms with E-state index in [1.165, 1.54) is 88.0 Å². The summed E-state index contributed by atoms with van der Waals surface area (Å²) in [4.78, 5) is 4.34. The summed E-state index contributed by atoms with van der Waals surface area (Å²) in [6.07, 6.45) is 3.76. The van der Waals surface area contributed by atoms with Crippen molar-refractivity contribution in [1.29, 1.82) is 0 Å². The minimum atomic E-state index is -0.0555. The Bertz CT molecular complexity index is 2470. The smallest absolute Gasteiger partial charge is 0.0346 e. The third kappa shape index (κ3) is 4.19. The van der Waals surface area contributed by atoms with Crippen LogP contribution in [0.1, 0.15) is 51.3 Å². The Morgan fingerprint density at radius 1 is 0.489 bits per heavy atom. The lowest BCUT2D eigenvalue weighted by Gasteiger charge is -2.24. The first-order valence-corrected chi connectivity index (χ1v) is 16.7. The molecule has 0 unspecified atom stereocenters. The summed E-state index contributed by atoms with van der Waals surface area (Å²) in [7, 11) is 0. The number of fused-ring (bicyclic) bond motifs is 3. The van der Waals surface area contributed by atoms with Gasteiger partial charge in [0.15, 0.2) is 0 Å². The molecule has 0 radical (unpaired) electrons.